The zero-order valence-electron chi connectivity index (χ0n) is 19.6. The van der Waals surface area contributed by atoms with Crippen LogP contribution in [-0.4, -0.2) is 123 Å². The van der Waals surface area contributed by atoms with Crippen LogP contribution in [0.3, 0.4) is 0 Å². The van der Waals surface area contributed by atoms with Gasteiger partial charge in [-0.3, -0.25) is 19.4 Å². The first kappa shape index (κ1) is 23.8. The minimum Gasteiger partial charge on any atom is -0.379 e. The van der Waals surface area contributed by atoms with Crippen molar-refractivity contribution < 1.29 is 14.2 Å². The molecule has 0 N–H and O–H groups in total. The highest BCUT2D eigenvalue weighted by Crippen LogP contribution is 2.11. The van der Waals surface area contributed by atoms with Crippen molar-refractivity contribution in [3.8, 4) is 35.5 Å². The average molecular weight is 452 g/mol. The van der Waals surface area contributed by atoms with Crippen molar-refractivity contribution >= 4 is 0 Å². The summed E-state index contributed by atoms with van der Waals surface area (Å²) in [5, 5.41) is 4.65. The molecule has 3 aliphatic heterocycles. The smallest absolute Gasteiger partial charge is 0.152 e. The van der Waals surface area contributed by atoms with E-state index < -0.39 is 0 Å². The molecule has 4 rings (SSSR count). The Bertz CT molecular complexity index is 954. The van der Waals surface area contributed by atoms with Crippen LogP contribution >= 0.6 is 0 Å². The molecule has 1 aromatic rings. The van der Waals surface area contributed by atoms with Crippen LogP contribution in [0.4, 0.5) is 0 Å². The maximum atomic E-state index is 5.43. The first-order valence-electron chi connectivity index (χ1n) is 11.7. The molecule has 0 spiro atoms. The number of aryl methyl sites for hydroxylation is 1. The Balaban J connectivity index is 1.50. The molecule has 4 heterocycles. The summed E-state index contributed by atoms with van der Waals surface area (Å²) in [4.78, 5) is 6.91. The topological polar surface area (TPSA) is 55.2 Å². The van der Waals surface area contributed by atoms with Crippen molar-refractivity contribution in [1.29, 1.82) is 0 Å². The number of morpholine rings is 3. The van der Waals surface area contributed by atoms with E-state index in [1.165, 1.54) is 0 Å². The first-order valence-corrected chi connectivity index (χ1v) is 11.7. The third kappa shape index (κ3) is 7.32. The maximum absolute atomic E-state index is 5.43. The predicted molar refractivity (Wildman–Crippen MR) is 126 cm³/mol. The summed E-state index contributed by atoms with van der Waals surface area (Å²) in [7, 11) is 1.92. The second kappa shape index (κ2) is 12.8. The minimum absolute atomic E-state index is 0.705. The van der Waals surface area contributed by atoms with Gasteiger partial charge in [0.2, 0.25) is 0 Å². The maximum Gasteiger partial charge on any atom is 0.152 e. The van der Waals surface area contributed by atoms with Crippen LogP contribution in [0.2, 0.25) is 0 Å². The van der Waals surface area contributed by atoms with Gasteiger partial charge in [0.15, 0.2) is 5.69 Å². The fraction of sp³-hybridized carbons (Fsp3) is 0.640. The summed E-state index contributed by atoms with van der Waals surface area (Å²) in [5.74, 6) is 19.8. The fourth-order valence-corrected chi connectivity index (χ4v) is 3.86. The quantitative estimate of drug-likeness (QED) is 0.573. The number of nitrogens with zero attached hydrogens (tertiary/aromatic N) is 5. The molecule has 0 radical (unpaired) electrons. The Morgan fingerprint density at radius 3 is 1.55 bits per heavy atom. The monoisotopic (exact) mass is 451 g/mol. The molecule has 3 aliphatic rings. The highest BCUT2D eigenvalue weighted by Gasteiger charge is 2.14. The van der Waals surface area contributed by atoms with E-state index in [2.05, 4.69) is 55.3 Å². The lowest BCUT2D eigenvalue weighted by Gasteiger charge is -2.24. The summed E-state index contributed by atoms with van der Waals surface area (Å²) in [5.41, 5.74) is 2.36. The average Bonchev–Trinajstić information content (AvgIpc) is 3.15. The predicted octanol–water partition coefficient (Wildman–Crippen LogP) is -0.529. The van der Waals surface area contributed by atoms with Gasteiger partial charge in [0.05, 0.1) is 64.8 Å². The Labute approximate surface area is 197 Å². The van der Waals surface area contributed by atoms with E-state index in [9.17, 15) is 0 Å². The van der Waals surface area contributed by atoms with E-state index in [1.54, 1.807) is 0 Å². The van der Waals surface area contributed by atoms with Crippen LogP contribution in [0.1, 0.15) is 17.0 Å². The lowest BCUT2D eigenvalue weighted by molar-refractivity contribution is 0.0443. The van der Waals surface area contributed by atoms with E-state index in [4.69, 9.17) is 14.2 Å². The van der Waals surface area contributed by atoms with Crippen LogP contribution in [0.25, 0.3) is 0 Å². The van der Waals surface area contributed by atoms with Gasteiger partial charge in [-0.25, -0.2) is 0 Å². The van der Waals surface area contributed by atoms with Crippen molar-refractivity contribution in [2.75, 3.05) is 98.5 Å². The van der Waals surface area contributed by atoms with Gasteiger partial charge in [-0.05, 0) is 11.8 Å². The summed E-state index contributed by atoms with van der Waals surface area (Å²) >= 11 is 0. The van der Waals surface area contributed by atoms with Gasteiger partial charge < -0.3 is 14.2 Å². The van der Waals surface area contributed by atoms with Crippen molar-refractivity contribution in [1.82, 2.24) is 24.5 Å². The number of hydrogen-bond donors (Lipinski definition) is 0. The van der Waals surface area contributed by atoms with Crippen molar-refractivity contribution in [3.63, 3.8) is 0 Å². The lowest BCUT2D eigenvalue weighted by atomic mass is 10.1. The highest BCUT2D eigenvalue weighted by molar-refractivity contribution is 5.55. The molecule has 3 fully saturated rings. The zero-order chi connectivity index (χ0) is 22.7. The lowest BCUT2D eigenvalue weighted by Crippen LogP contribution is -2.36. The van der Waals surface area contributed by atoms with Gasteiger partial charge in [-0.2, -0.15) is 5.10 Å². The number of ether oxygens (including phenoxy) is 3. The van der Waals surface area contributed by atoms with Crippen molar-refractivity contribution in [2.24, 2.45) is 7.05 Å². The van der Waals surface area contributed by atoms with Crippen LogP contribution < -0.4 is 0 Å². The Morgan fingerprint density at radius 2 is 1.06 bits per heavy atom. The van der Waals surface area contributed by atoms with Crippen LogP contribution in [0.5, 0.6) is 0 Å². The van der Waals surface area contributed by atoms with Gasteiger partial charge in [-0.1, -0.05) is 23.7 Å². The van der Waals surface area contributed by atoms with Crippen molar-refractivity contribution in [3.05, 3.63) is 17.0 Å². The molecule has 3 saturated heterocycles. The Hall–Kier alpha value is -2.35. The molecule has 0 aromatic carbocycles. The Kier molecular flexibility index (Phi) is 9.21. The van der Waals surface area contributed by atoms with E-state index in [0.29, 0.717) is 25.3 Å². The molecule has 1 aromatic heterocycles. The SMILES string of the molecule is Cn1nc(C#CCN2CCOCC2)c(C#CCN2CCOCC2)c1C#CCN1CCOCC1. The van der Waals surface area contributed by atoms with Crippen LogP contribution in [0, 0.1) is 35.5 Å². The summed E-state index contributed by atoms with van der Waals surface area (Å²) < 4.78 is 18.1. The molecule has 0 atom stereocenters. The molecular weight excluding hydrogens is 418 g/mol. The van der Waals surface area contributed by atoms with Gasteiger partial charge in [0.1, 0.15) is 5.69 Å². The van der Waals surface area contributed by atoms with E-state index >= 15 is 0 Å². The number of aromatic nitrogens is 2. The largest absolute Gasteiger partial charge is 0.379 e. The highest BCUT2D eigenvalue weighted by atomic mass is 16.5. The third-order valence-corrected chi connectivity index (χ3v) is 5.89. The first-order chi connectivity index (χ1) is 16.3. The molecule has 8 nitrogen and oxygen atoms in total. The van der Waals surface area contributed by atoms with Crippen LogP contribution in [0.15, 0.2) is 0 Å². The number of hydrogen-bond acceptors (Lipinski definition) is 7. The van der Waals surface area contributed by atoms with Crippen molar-refractivity contribution in [2.45, 2.75) is 0 Å². The minimum atomic E-state index is 0.705. The van der Waals surface area contributed by atoms with Gasteiger partial charge >= 0.3 is 0 Å². The molecule has 8 heteroatoms. The summed E-state index contributed by atoms with van der Waals surface area (Å²) in [6, 6.07) is 0. The molecule has 0 aliphatic carbocycles. The second-order valence-electron chi connectivity index (χ2n) is 8.27. The van der Waals surface area contributed by atoms with Gasteiger partial charge in [-0.15, -0.1) is 0 Å². The molecule has 176 valence electrons. The molecule has 33 heavy (non-hydrogen) atoms. The fourth-order valence-electron chi connectivity index (χ4n) is 3.86. The molecule has 0 amide bonds. The zero-order valence-corrected chi connectivity index (χ0v) is 19.6. The third-order valence-electron chi connectivity index (χ3n) is 5.89. The second-order valence-corrected chi connectivity index (χ2v) is 8.27. The summed E-state index contributed by atoms with van der Waals surface area (Å²) in [6.45, 7) is 12.3. The molecular formula is C25H33N5O3. The normalized spacial score (nSPS) is 20.2. The number of rotatable bonds is 3. The standard InChI is InChI=1S/C25H33N5O3/c1-27-25(7-4-10-30-15-21-33-22-16-30)23(5-2-8-28-11-17-31-18-12-28)24(26-27)6-3-9-29-13-19-32-20-14-29/h8-22H2,1H3. The molecule has 0 saturated carbocycles. The van der Waals surface area contributed by atoms with E-state index in [-0.39, 0.29) is 0 Å². The molecule has 0 unspecified atom stereocenters. The summed E-state index contributed by atoms with van der Waals surface area (Å²) in [6.07, 6.45) is 0. The van der Waals surface area contributed by atoms with E-state index in [1.807, 2.05) is 11.7 Å². The Morgan fingerprint density at radius 1 is 0.636 bits per heavy atom. The van der Waals surface area contributed by atoms with Crippen LogP contribution in [-0.2, 0) is 21.3 Å². The van der Waals surface area contributed by atoms with Gasteiger partial charge in [0, 0.05) is 46.3 Å². The van der Waals surface area contributed by atoms with Gasteiger partial charge in [0.25, 0.3) is 0 Å². The molecule has 0 bridgehead atoms. The van der Waals surface area contributed by atoms with E-state index in [0.717, 1.165) is 90.2 Å².